The van der Waals surface area contributed by atoms with Crippen molar-refractivity contribution in [3.63, 3.8) is 0 Å². The lowest BCUT2D eigenvalue weighted by molar-refractivity contribution is -0.136. The predicted molar refractivity (Wildman–Crippen MR) is 163 cm³/mol. The van der Waals surface area contributed by atoms with E-state index in [2.05, 4.69) is 15.3 Å². The number of hydrogen-bond donors (Lipinski definition) is 1. The van der Waals surface area contributed by atoms with Crippen LogP contribution in [0.3, 0.4) is 0 Å². The van der Waals surface area contributed by atoms with E-state index in [1.54, 1.807) is 16.7 Å². The highest BCUT2D eigenvalue weighted by Gasteiger charge is 2.31. The van der Waals surface area contributed by atoms with Gasteiger partial charge in [-0.1, -0.05) is 60.7 Å². The fourth-order valence-corrected chi connectivity index (χ4v) is 5.32. The molecule has 3 amide bonds. The molecule has 1 aliphatic heterocycles. The van der Waals surface area contributed by atoms with Gasteiger partial charge in [0.2, 0.25) is 11.8 Å². The summed E-state index contributed by atoms with van der Waals surface area (Å²) in [5, 5.41) is 2.86. The van der Waals surface area contributed by atoms with Crippen molar-refractivity contribution in [2.24, 2.45) is 0 Å². The van der Waals surface area contributed by atoms with Gasteiger partial charge < -0.3 is 29.3 Å². The van der Waals surface area contributed by atoms with Crippen LogP contribution in [0.15, 0.2) is 66.7 Å². The first kappa shape index (κ1) is 30.9. The number of carbonyl (C=O) groups is 3. The van der Waals surface area contributed by atoms with E-state index in [1.807, 2.05) is 60.7 Å². The molecular weight excluding hydrogens is 562 g/mol. The Kier molecular flexibility index (Phi) is 10.7. The number of nitrogens with one attached hydrogen (secondary N) is 1. The molecule has 11 heteroatoms. The number of hydrogen-bond acceptors (Lipinski definition) is 8. The van der Waals surface area contributed by atoms with Crippen molar-refractivity contribution >= 4 is 17.9 Å². The highest BCUT2D eigenvalue weighted by Crippen LogP contribution is 2.25. The predicted octanol–water partition coefficient (Wildman–Crippen LogP) is 4.08. The van der Waals surface area contributed by atoms with E-state index in [1.165, 1.54) is 6.07 Å². The molecule has 1 saturated carbocycles. The fraction of sp³-hybridized carbons (Fsp3) is 0.424. The number of nitrogens with zero attached hydrogens (tertiary/aromatic N) is 4. The molecule has 44 heavy (non-hydrogen) atoms. The Morgan fingerprint density at radius 3 is 2.25 bits per heavy atom. The maximum Gasteiger partial charge on any atom is 0.409 e. The Bertz CT molecular complexity index is 1390. The molecular formula is C33H39N5O6. The van der Waals surface area contributed by atoms with Crippen molar-refractivity contribution in [3.05, 3.63) is 78.0 Å². The lowest BCUT2D eigenvalue weighted by Crippen LogP contribution is -2.57. The normalized spacial score (nSPS) is 15.9. The van der Waals surface area contributed by atoms with Gasteiger partial charge in [0.25, 0.3) is 5.91 Å². The summed E-state index contributed by atoms with van der Waals surface area (Å²) in [4.78, 5) is 52.0. The highest BCUT2D eigenvalue weighted by atomic mass is 16.6. The van der Waals surface area contributed by atoms with Crippen molar-refractivity contribution in [2.75, 3.05) is 39.4 Å². The number of piperazine rings is 1. The first-order chi connectivity index (χ1) is 21.5. The molecule has 2 heterocycles. The van der Waals surface area contributed by atoms with Gasteiger partial charge in [-0.2, -0.15) is 4.98 Å². The molecule has 1 atom stereocenters. The van der Waals surface area contributed by atoms with Crippen LogP contribution < -0.4 is 10.1 Å². The number of rotatable bonds is 11. The van der Waals surface area contributed by atoms with Crippen molar-refractivity contribution in [2.45, 2.75) is 51.4 Å². The lowest BCUT2D eigenvalue weighted by atomic mass is 10.2. The van der Waals surface area contributed by atoms with Crippen LogP contribution in [0.1, 0.15) is 48.7 Å². The minimum Gasteiger partial charge on any atom is -0.474 e. The molecule has 1 N–H and O–H groups in total. The summed E-state index contributed by atoms with van der Waals surface area (Å²) in [6.07, 6.45) is 3.70. The first-order valence-corrected chi connectivity index (χ1v) is 15.2. The molecule has 2 aliphatic rings. The quantitative estimate of drug-likeness (QED) is 0.349. The van der Waals surface area contributed by atoms with Crippen molar-refractivity contribution in [1.82, 2.24) is 25.1 Å². The van der Waals surface area contributed by atoms with Gasteiger partial charge in [0.05, 0.1) is 19.8 Å². The standard InChI is InChI=1S/C33H39N5O6/c1-2-43-33(41)38-19-17-37(18-20-38)32(40)28(23-42-22-24-11-5-3-6-12-24)35-31(39)27-21-29(44-26-15-9-10-16-26)36-30(34-27)25-13-7-4-8-14-25/h3-8,11-14,21,26,28H,2,9-10,15-20,22-23H2,1H3,(H,35,39)/t28-/m0/s1. The molecule has 0 bridgehead atoms. The number of ether oxygens (including phenoxy) is 3. The van der Waals surface area contributed by atoms with Gasteiger partial charge in [-0.3, -0.25) is 9.59 Å². The summed E-state index contributed by atoms with van der Waals surface area (Å²) in [5.41, 5.74) is 1.79. The molecule has 2 aromatic carbocycles. The van der Waals surface area contributed by atoms with Gasteiger partial charge in [-0.15, -0.1) is 0 Å². The number of carbonyl (C=O) groups excluding carboxylic acids is 3. The topological polar surface area (TPSA) is 123 Å². The Labute approximate surface area is 257 Å². The lowest BCUT2D eigenvalue weighted by Gasteiger charge is -2.35. The van der Waals surface area contributed by atoms with Gasteiger partial charge in [0, 0.05) is 37.8 Å². The monoisotopic (exact) mass is 601 g/mol. The maximum absolute atomic E-state index is 13.7. The van der Waals surface area contributed by atoms with Crippen molar-refractivity contribution in [1.29, 1.82) is 0 Å². The zero-order chi connectivity index (χ0) is 30.7. The molecule has 0 unspecified atom stereocenters. The van der Waals surface area contributed by atoms with Crippen molar-refractivity contribution < 1.29 is 28.6 Å². The van der Waals surface area contributed by atoms with Crippen LogP contribution in [0, 0.1) is 0 Å². The third kappa shape index (κ3) is 8.31. The van der Waals surface area contributed by atoms with Crippen molar-refractivity contribution in [3.8, 4) is 17.3 Å². The second kappa shape index (κ2) is 15.3. The minimum absolute atomic E-state index is 0.0402. The molecule has 2 fully saturated rings. The smallest absolute Gasteiger partial charge is 0.409 e. The van der Waals surface area contributed by atoms with Gasteiger partial charge in [0.15, 0.2) is 5.82 Å². The first-order valence-electron chi connectivity index (χ1n) is 15.2. The summed E-state index contributed by atoms with van der Waals surface area (Å²) in [6, 6.07) is 19.6. The van der Waals surface area contributed by atoms with E-state index in [9.17, 15) is 14.4 Å². The highest BCUT2D eigenvalue weighted by molar-refractivity contribution is 5.96. The van der Waals surface area contributed by atoms with E-state index >= 15 is 0 Å². The molecule has 1 aliphatic carbocycles. The molecule has 3 aromatic rings. The third-order valence-corrected chi connectivity index (χ3v) is 7.67. The summed E-state index contributed by atoms with van der Waals surface area (Å²) in [7, 11) is 0. The fourth-order valence-electron chi connectivity index (χ4n) is 5.32. The van der Waals surface area contributed by atoms with E-state index in [-0.39, 0.29) is 37.5 Å². The summed E-state index contributed by atoms with van der Waals surface area (Å²) in [5.74, 6) is -0.138. The molecule has 1 saturated heterocycles. The van der Waals surface area contributed by atoms with Crippen LogP contribution >= 0.6 is 0 Å². The molecule has 11 nitrogen and oxygen atoms in total. The van der Waals surface area contributed by atoms with E-state index < -0.39 is 18.0 Å². The van der Waals surface area contributed by atoms with Gasteiger partial charge in [-0.05, 0) is 38.2 Å². The van der Waals surface area contributed by atoms with Crippen LogP contribution in [-0.4, -0.2) is 89.2 Å². The molecule has 5 rings (SSSR count). The minimum atomic E-state index is -0.977. The summed E-state index contributed by atoms with van der Waals surface area (Å²) < 4.78 is 17.2. The maximum atomic E-state index is 13.7. The van der Waals surface area contributed by atoms with Gasteiger partial charge in [0.1, 0.15) is 17.8 Å². The average Bonchev–Trinajstić information content (AvgIpc) is 3.58. The zero-order valence-electron chi connectivity index (χ0n) is 25.0. The van der Waals surface area contributed by atoms with E-state index in [0.29, 0.717) is 37.9 Å². The van der Waals surface area contributed by atoms with Crippen LogP contribution in [-0.2, 0) is 20.9 Å². The zero-order valence-corrected chi connectivity index (χ0v) is 25.0. The van der Waals surface area contributed by atoms with Crippen LogP contribution in [0.4, 0.5) is 4.79 Å². The largest absolute Gasteiger partial charge is 0.474 e. The molecule has 0 spiro atoms. The second-order valence-electron chi connectivity index (χ2n) is 10.8. The van der Waals surface area contributed by atoms with Crippen LogP contribution in [0.5, 0.6) is 5.88 Å². The Morgan fingerprint density at radius 1 is 0.909 bits per heavy atom. The Balaban J connectivity index is 1.33. The Morgan fingerprint density at radius 2 is 1.57 bits per heavy atom. The summed E-state index contributed by atoms with van der Waals surface area (Å²) >= 11 is 0. The molecule has 232 valence electrons. The average molecular weight is 602 g/mol. The third-order valence-electron chi connectivity index (χ3n) is 7.67. The Hall–Kier alpha value is -4.51. The molecule has 1 aromatic heterocycles. The summed E-state index contributed by atoms with van der Waals surface area (Å²) in [6.45, 7) is 3.58. The number of aromatic nitrogens is 2. The van der Waals surface area contributed by atoms with Crippen LogP contribution in [0.25, 0.3) is 11.4 Å². The number of benzene rings is 2. The van der Waals surface area contributed by atoms with Crippen LogP contribution in [0.2, 0.25) is 0 Å². The van der Waals surface area contributed by atoms with Gasteiger partial charge >= 0.3 is 6.09 Å². The van der Waals surface area contributed by atoms with E-state index in [0.717, 1.165) is 36.8 Å². The molecule has 0 radical (unpaired) electrons. The SMILES string of the molecule is CCOC(=O)N1CCN(C(=O)[C@H](COCc2ccccc2)NC(=O)c2cc(OC3CCCC3)nc(-c3ccccc3)n2)CC1. The second-order valence-corrected chi connectivity index (χ2v) is 10.8. The van der Waals surface area contributed by atoms with E-state index in [4.69, 9.17) is 14.2 Å². The van der Waals surface area contributed by atoms with Gasteiger partial charge in [-0.25, -0.2) is 9.78 Å². The number of amides is 3.